The highest BCUT2D eigenvalue weighted by Crippen LogP contribution is 2.21. The summed E-state index contributed by atoms with van der Waals surface area (Å²) in [5, 5.41) is 11.3. The van der Waals surface area contributed by atoms with Crippen LogP contribution < -0.4 is 0 Å². The van der Waals surface area contributed by atoms with Crippen LogP contribution in [0.15, 0.2) is 60.5 Å². The highest BCUT2D eigenvalue weighted by Gasteiger charge is 2.00. The molecule has 0 amide bonds. The van der Waals surface area contributed by atoms with Crippen molar-refractivity contribution in [3.63, 3.8) is 0 Å². The molecule has 0 radical (unpaired) electrons. The first-order chi connectivity index (χ1) is 8.47. The van der Waals surface area contributed by atoms with Crippen LogP contribution in [-0.2, 0) is 0 Å². The largest absolute Gasteiger partial charge is 0.204 e. The molecule has 0 spiro atoms. The molecule has 0 saturated carbocycles. The lowest BCUT2D eigenvalue weighted by atomic mass is 10.2. The molecule has 0 aromatic carbocycles. The van der Waals surface area contributed by atoms with E-state index in [1.165, 1.54) is 6.20 Å². The van der Waals surface area contributed by atoms with Crippen LogP contribution in [0.25, 0.3) is 0 Å². The number of azo groups is 1. The zero-order valence-electron chi connectivity index (χ0n) is 11.0. The van der Waals surface area contributed by atoms with Gasteiger partial charge in [0.25, 0.3) is 0 Å². The lowest BCUT2D eigenvalue weighted by molar-refractivity contribution is 1.07. The van der Waals surface area contributed by atoms with Crippen LogP contribution in [0.5, 0.6) is 0 Å². The van der Waals surface area contributed by atoms with E-state index in [1.54, 1.807) is 13.0 Å². The lowest BCUT2D eigenvalue weighted by Crippen LogP contribution is -1.81. The fraction of sp³-hybridized carbons (Fsp3) is 0.333. The predicted molar refractivity (Wildman–Crippen MR) is 81.9 cm³/mol. The van der Waals surface area contributed by atoms with Crippen LogP contribution in [0, 0.1) is 5.53 Å². The van der Waals surface area contributed by atoms with Crippen molar-refractivity contribution in [1.29, 1.82) is 5.53 Å². The maximum Gasteiger partial charge on any atom is 0.0956 e. The number of hydrogen-bond donors (Lipinski definition) is 3. The summed E-state index contributed by atoms with van der Waals surface area (Å²) >= 11 is 8.54. The molecule has 6 heteroatoms. The summed E-state index contributed by atoms with van der Waals surface area (Å²) in [6, 6.07) is 0. The molecule has 0 saturated heterocycles. The Labute approximate surface area is 119 Å². The molecule has 0 unspecified atom stereocenters. The van der Waals surface area contributed by atoms with Crippen LogP contribution in [0.1, 0.15) is 27.7 Å². The second kappa shape index (κ2) is 8.88. The maximum absolute atomic E-state index is 6.93. The smallest absolute Gasteiger partial charge is 0.0956 e. The van der Waals surface area contributed by atoms with Gasteiger partial charge in [-0.05, 0) is 27.7 Å². The number of allylic oxidation sites excluding steroid dienone is 3. The van der Waals surface area contributed by atoms with E-state index in [9.17, 15) is 0 Å². The average molecular weight is 282 g/mol. The number of nitrogens with one attached hydrogen (secondary N) is 1. The number of rotatable bonds is 5. The van der Waals surface area contributed by atoms with E-state index >= 15 is 0 Å². The van der Waals surface area contributed by atoms with E-state index in [0.29, 0.717) is 16.3 Å². The molecule has 0 aliphatic rings. The van der Waals surface area contributed by atoms with Crippen LogP contribution in [0.2, 0.25) is 0 Å². The van der Waals surface area contributed by atoms with Crippen molar-refractivity contribution < 1.29 is 0 Å². The van der Waals surface area contributed by atoms with Gasteiger partial charge in [0.2, 0.25) is 0 Å². The summed E-state index contributed by atoms with van der Waals surface area (Å²) in [7, 11) is 0. The quantitative estimate of drug-likeness (QED) is 0.349. The molecule has 0 fully saturated rings. The topological polar surface area (TPSA) is 60.9 Å². The number of thiol groups is 2. The normalized spacial score (nSPS) is 14.0. The van der Waals surface area contributed by atoms with Gasteiger partial charge in [0.1, 0.15) is 0 Å². The van der Waals surface area contributed by atoms with Gasteiger partial charge < -0.3 is 0 Å². The molecular formula is C12H18N4S2. The van der Waals surface area contributed by atoms with Crippen LogP contribution >= 0.6 is 25.3 Å². The van der Waals surface area contributed by atoms with Crippen molar-refractivity contribution in [2.24, 2.45) is 15.3 Å². The Kier molecular flexibility index (Phi) is 8.32. The maximum atomic E-state index is 6.93. The minimum absolute atomic E-state index is 0.452. The van der Waals surface area contributed by atoms with Gasteiger partial charge in [0, 0.05) is 4.91 Å². The molecule has 98 valence electrons. The van der Waals surface area contributed by atoms with E-state index in [0.717, 1.165) is 10.5 Å². The van der Waals surface area contributed by atoms with Gasteiger partial charge in [-0.1, -0.05) is 17.7 Å². The Balaban J connectivity index is 5.03. The number of hydrogen-bond acceptors (Lipinski definition) is 6. The third kappa shape index (κ3) is 5.46. The molecule has 0 rings (SSSR count). The van der Waals surface area contributed by atoms with Crippen molar-refractivity contribution in [1.82, 2.24) is 0 Å². The first-order valence-corrected chi connectivity index (χ1v) is 6.24. The summed E-state index contributed by atoms with van der Waals surface area (Å²) in [6.45, 7) is 7.56. The first kappa shape index (κ1) is 16.9. The highest BCUT2D eigenvalue weighted by atomic mass is 32.1. The van der Waals surface area contributed by atoms with Crippen molar-refractivity contribution in [2.45, 2.75) is 27.7 Å². The summed E-state index contributed by atoms with van der Waals surface area (Å²) in [5.41, 5.74) is 9.15. The van der Waals surface area contributed by atoms with Gasteiger partial charge in [-0.15, -0.1) is 25.3 Å². The Bertz CT molecular complexity index is 453. The van der Waals surface area contributed by atoms with E-state index in [-0.39, 0.29) is 0 Å². The minimum atomic E-state index is 0.452. The molecule has 0 aromatic heterocycles. The van der Waals surface area contributed by atoms with E-state index in [4.69, 9.17) is 5.53 Å². The summed E-state index contributed by atoms with van der Waals surface area (Å²) in [4.78, 5) is 1.29. The monoisotopic (exact) mass is 282 g/mol. The van der Waals surface area contributed by atoms with Gasteiger partial charge in [-0.25, -0.2) is 5.53 Å². The van der Waals surface area contributed by atoms with Gasteiger partial charge in [0.15, 0.2) is 0 Å². The third-order valence-electron chi connectivity index (χ3n) is 1.99. The molecule has 0 bridgehead atoms. The van der Waals surface area contributed by atoms with Crippen LogP contribution in [-0.4, -0.2) is 0 Å². The Morgan fingerprint density at radius 3 is 2.00 bits per heavy atom. The molecule has 0 aliphatic carbocycles. The zero-order chi connectivity index (χ0) is 14.1. The second-order valence-electron chi connectivity index (χ2n) is 3.54. The summed E-state index contributed by atoms with van der Waals surface area (Å²) < 4.78 is 0. The summed E-state index contributed by atoms with van der Waals surface area (Å²) in [5.74, 6) is 0. The zero-order valence-corrected chi connectivity index (χ0v) is 12.8. The Hall–Kier alpha value is -1.14. The Morgan fingerprint density at radius 1 is 1.06 bits per heavy atom. The van der Waals surface area contributed by atoms with Gasteiger partial charge in [-0.2, -0.15) is 15.3 Å². The third-order valence-corrected chi connectivity index (χ3v) is 3.01. The molecule has 18 heavy (non-hydrogen) atoms. The standard InChI is InChI=1S/C12H18N4S2/c1-5-9(15-13)11(17)7-14-16-10(6-2)12(18)8(3)4/h5-7,13,17-18H,1-4H3/b9-5+,10-6+,11-7+,15-13?,16-14-. The molecule has 1 N–H and O–H groups in total. The van der Waals surface area contributed by atoms with Gasteiger partial charge in [0.05, 0.1) is 22.5 Å². The van der Waals surface area contributed by atoms with E-state index in [2.05, 4.69) is 40.6 Å². The molecule has 4 nitrogen and oxygen atoms in total. The number of nitrogens with zero attached hydrogens (tertiary/aromatic N) is 3. The van der Waals surface area contributed by atoms with Gasteiger partial charge in [-0.3, -0.25) is 0 Å². The van der Waals surface area contributed by atoms with Crippen LogP contribution in [0.4, 0.5) is 0 Å². The molecule has 0 heterocycles. The fourth-order valence-corrected chi connectivity index (χ4v) is 1.38. The van der Waals surface area contributed by atoms with Crippen LogP contribution in [0.3, 0.4) is 0 Å². The lowest BCUT2D eigenvalue weighted by Gasteiger charge is -2.01. The van der Waals surface area contributed by atoms with Crippen molar-refractivity contribution in [3.05, 3.63) is 45.1 Å². The molecular weight excluding hydrogens is 264 g/mol. The SMILES string of the molecule is C/C=C(/N=N\C=C(S)/C(=C\C)N=N)C(S)=C(C)C. The van der Waals surface area contributed by atoms with Crippen molar-refractivity contribution in [2.75, 3.05) is 0 Å². The Morgan fingerprint density at radius 2 is 1.61 bits per heavy atom. The predicted octanol–water partition coefficient (Wildman–Crippen LogP) is 5.27. The van der Waals surface area contributed by atoms with E-state index in [1.807, 2.05) is 26.8 Å². The fourth-order valence-electron chi connectivity index (χ4n) is 0.980. The average Bonchev–Trinajstić information content (AvgIpc) is 2.35. The van der Waals surface area contributed by atoms with Gasteiger partial charge >= 0.3 is 0 Å². The molecule has 0 atom stereocenters. The molecule has 0 aliphatic heterocycles. The second-order valence-corrected chi connectivity index (χ2v) is 4.47. The van der Waals surface area contributed by atoms with E-state index < -0.39 is 0 Å². The first-order valence-electron chi connectivity index (χ1n) is 5.35. The van der Waals surface area contributed by atoms with Crippen molar-refractivity contribution >= 4 is 25.3 Å². The van der Waals surface area contributed by atoms with Crippen molar-refractivity contribution in [3.8, 4) is 0 Å². The highest BCUT2D eigenvalue weighted by molar-refractivity contribution is 7.85. The summed E-state index contributed by atoms with van der Waals surface area (Å²) in [6.07, 6.45) is 4.96. The molecule has 0 aromatic rings. The minimum Gasteiger partial charge on any atom is -0.204 e.